The molecule has 1 saturated heterocycles. The molecule has 7 nitrogen and oxygen atoms in total. The number of benzene rings is 1. The van der Waals surface area contributed by atoms with E-state index in [1.54, 1.807) is 0 Å². The molecule has 1 aromatic carbocycles. The Morgan fingerprint density at radius 1 is 1.13 bits per heavy atom. The SMILES string of the molecule is CC1COC[C@H](C)N1c1cc(C2(S(C)(=O)=O)CC2)nc(-c2cccc3[nH]ccc23)n1. The van der Waals surface area contributed by atoms with Gasteiger partial charge in [0.05, 0.1) is 31.0 Å². The van der Waals surface area contributed by atoms with Crippen LogP contribution in [0, 0.1) is 0 Å². The van der Waals surface area contributed by atoms with Gasteiger partial charge in [0.1, 0.15) is 10.6 Å². The van der Waals surface area contributed by atoms with Gasteiger partial charge in [-0.05, 0) is 38.8 Å². The normalized spacial score (nSPS) is 23.6. The number of aromatic amines is 1. The lowest BCUT2D eigenvalue weighted by Crippen LogP contribution is -2.50. The van der Waals surface area contributed by atoms with Crippen molar-refractivity contribution in [2.75, 3.05) is 24.4 Å². The number of fused-ring (bicyclic) bond motifs is 1. The first-order chi connectivity index (χ1) is 14.3. The minimum atomic E-state index is -3.29. The highest BCUT2D eigenvalue weighted by atomic mass is 32.2. The third kappa shape index (κ3) is 3.01. The highest BCUT2D eigenvalue weighted by molar-refractivity contribution is 7.91. The topological polar surface area (TPSA) is 88.2 Å². The maximum atomic E-state index is 12.7. The maximum absolute atomic E-state index is 12.7. The van der Waals surface area contributed by atoms with Gasteiger partial charge in [-0.3, -0.25) is 0 Å². The van der Waals surface area contributed by atoms with Crippen molar-refractivity contribution in [3.8, 4) is 11.4 Å². The minimum Gasteiger partial charge on any atom is -0.377 e. The van der Waals surface area contributed by atoms with Crippen molar-refractivity contribution < 1.29 is 13.2 Å². The molecule has 2 aromatic heterocycles. The van der Waals surface area contributed by atoms with E-state index >= 15 is 0 Å². The zero-order chi connectivity index (χ0) is 21.1. The van der Waals surface area contributed by atoms with Crippen molar-refractivity contribution in [2.24, 2.45) is 0 Å². The second kappa shape index (κ2) is 6.78. The second-order valence-electron chi connectivity index (χ2n) is 8.59. The van der Waals surface area contributed by atoms with Gasteiger partial charge in [-0.1, -0.05) is 12.1 Å². The fourth-order valence-electron chi connectivity index (χ4n) is 4.59. The van der Waals surface area contributed by atoms with Crippen molar-refractivity contribution in [1.82, 2.24) is 15.0 Å². The Balaban J connectivity index is 1.73. The molecule has 1 N–H and O–H groups in total. The lowest BCUT2D eigenvalue weighted by Gasteiger charge is -2.40. The largest absolute Gasteiger partial charge is 0.377 e. The molecule has 1 aliphatic carbocycles. The zero-order valence-corrected chi connectivity index (χ0v) is 18.2. The predicted molar refractivity (Wildman–Crippen MR) is 117 cm³/mol. The van der Waals surface area contributed by atoms with Crippen LogP contribution in [0.25, 0.3) is 22.3 Å². The van der Waals surface area contributed by atoms with Gasteiger partial charge < -0.3 is 14.6 Å². The lowest BCUT2D eigenvalue weighted by atomic mass is 10.1. The molecule has 30 heavy (non-hydrogen) atoms. The zero-order valence-electron chi connectivity index (χ0n) is 17.4. The quantitative estimate of drug-likeness (QED) is 0.689. The first-order valence-corrected chi connectivity index (χ1v) is 12.2. The average Bonchev–Trinajstić information content (AvgIpc) is 3.39. The summed E-state index contributed by atoms with van der Waals surface area (Å²) in [7, 11) is -3.29. The highest BCUT2D eigenvalue weighted by Gasteiger charge is 2.55. The number of nitrogens with zero attached hydrogens (tertiary/aromatic N) is 3. The summed E-state index contributed by atoms with van der Waals surface area (Å²) in [6.07, 6.45) is 4.41. The van der Waals surface area contributed by atoms with E-state index < -0.39 is 14.6 Å². The summed E-state index contributed by atoms with van der Waals surface area (Å²) in [5.74, 6) is 1.33. The summed E-state index contributed by atoms with van der Waals surface area (Å²) >= 11 is 0. The molecule has 3 aromatic rings. The van der Waals surface area contributed by atoms with Crippen LogP contribution in [0.4, 0.5) is 5.82 Å². The van der Waals surface area contributed by atoms with Gasteiger partial charge in [0, 0.05) is 35.0 Å². The molecule has 5 rings (SSSR count). The number of nitrogens with one attached hydrogen (secondary N) is 1. The molecular formula is C22H26N4O3S. The second-order valence-corrected chi connectivity index (χ2v) is 10.9. The monoisotopic (exact) mass is 426 g/mol. The Bertz CT molecular complexity index is 1210. The standard InChI is InChI=1S/C22H26N4O3S/c1-14-12-29-13-15(2)26(14)20-11-19(22(8-9-22)30(3,27)28)24-21(25-20)17-5-4-6-18-16(17)7-10-23-18/h4-7,10-11,14-15,23H,8-9,12-13H2,1-3H3/t14-,15?/m0/s1. The van der Waals surface area contributed by atoms with Crippen molar-refractivity contribution >= 4 is 26.6 Å². The van der Waals surface area contributed by atoms with Gasteiger partial charge in [-0.2, -0.15) is 0 Å². The Labute approximate surface area is 176 Å². The van der Waals surface area contributed by atoms with Crippen molar-refractivity contribution in [2.45, 2.75) is 43.5 Å². The molecule has 0 amide bonds. The summed E-state index contributed by atoms with van der Waals surface area (Å²) in [5.41, 5.74) is 2.50. The summed E-state index contributed by atoms with van der Waals surface area (Å²) in [4.78, 5) is 15.2. The van der Waals surface area contributed by atoms with E-state index in [0.29, 0.717) is 37.6 Å². The van der Waals surface area contributed by atoms with Gasteiger partial charge in [0.25, 0.3) is 0 Å². The van der Waals surface area contributed by atoms with E-state index in [0.717, 1.165) is 22.3 Å². The van der Waals surface area contributed by atoms with Crippen LogP contribution in [0.3, 0.4) is 0 Å². The van der Waals surface area contributed by atoms with Crippen LogP contribution in [0.1, 0.15) is 32.4 Å². The summed E-state index contributed by atoms with van der Waals surface area (Å²) < 4.78 is 30.1. The molecule has 2 aliphatic rings. The van der Waals surface area contributed by atoms with Gasteiger partial charge in [0.2, 0.25) is 0 Å². The number of aromatic nitrogens is 3. The number of anilines is 1. The number of ether oxygens (including phenoxy) is 1. The summed E-state index contributed by atoms with van der Waals surface area (Å²) in [6, 6.07) is 10.1. The number of H-pyrrole nitrogens is 1. The van der Waals surface area contributed by atoms with E-state index in [4.69, 9.17) is 14.7 Å². The smallest absolute Gasteiger partial charge is 0.162 e. The minimum absolute atomic E-state index is 0.140. The molecule has 0 radical (unpaired) electrons. The molecular weight excluding hydrogens is 400 g/mol. The van der Waals surface area contributed by atoms with Crippen LogP contribution in [0.5, 0.6) is 0 Å². The van der Waals surface area contributed by atoms with Crippen molar-refractivity contribution in [3.63, 3.8) is 0 Å². The molecule has 1 unspecified atom stereocenters. The summed E-state index contributed by atoms with van der Waals surface area (Å²) in [6.45, 7) is 5.44. The van der Waals surface area contributed by atoms with Crippen LogP contribution in [-0.4, -0.2) is 54.9 Å². The molecule has 0 spiro atoms. The van der Waals surface area contributed by atoms with Crippen molar-refractivity contribution in [1.29, 1.82) is 0 Å². The molecule has 0 bridgehead atoms. The summed E-state index contributed by atoms with van der Waals surface area (Å²) in [5, 5.41) is 1.02. The Morgan fingerprint density at radius 3 is 2.53 bits per heavy atom. The number of hydrogen-bond donors (Lipinski definition) is 1. The van der Waals surface area contributed by atoms with Crippen LogP contribution in [0.15, 0.2) is 36.5 Å². The maximum Gasteiger partial charge on any atom is 0.162 e. The Hall–Kier alpha value is -2.45. The van der Waals surface area contributed by atoms with Gasteiger partial charge in [0.15, 0.2) is 15.7 Å². The lowest BCUT2D eigenvalue weighted by molar-refractivity contribution is 0.0752. The molecule has 1 aliphatic heterocycles. The first kappa shape index (κ1) is 19.5. The fraction of sp³-hybridized carbons (Fsp3) is 0.455. The van der Waals surface area contributed by atoms with Gasteiger partial charge in [-0.15, -0.1) is 0 Å². The molecule has 2 fully saturated rings. The average molecular weight is 427 g/mol. The van der Waals surface area contributed by atoms with E-state index in [1.165, 1.54) is 6.26 Å². The van der Waals surface area contributed by atoms with E-state index in [9.17, 15) is 8.42 Å². The van der Waals surface area contributed by atoms with E-state index in [2.05, 4.69) is 23.7 Å². The predicted octanol–water partition coefficient (Wildman–Crippen LogP) is 3.27. The van der Waals surface area contributed by atoms with Crippen LogP contribution in [-0.2, 0) is 19.3 Å². The van der Waals surface area contributed by atoms with Gasteiger partial charge >= 0.3 is 0 Å². The molecule has 3 heterocycles. The number of rotatable bonds is 4. The molecule has 1 saturated carbocycles. The Kier molecular flexibility index (Phi) is 4.41. The Morgan fingerprint density at radius 2 is 1.87 bits per heavy atom. The highest BCUT2D eigenvalue weighted by Crippen LogP contribution is 2.52. The van der Waals surface area contributed by atoms with Crippen molar-refractivity contribution in [3.05, 3.63) is 42.2 Å². The number of sulfone groups is 1. The van der Waals surface area contributed by atoms with E-state index in [1.807, 2.05) is 36.5 Å². The van der Waals surface area contributed by atoms with Crippen LogP contribution < -0.4 is 4.90 Å². The fourth-order valence-corrected chi connectivity index (χ4v) is 5.92. The molecule has 2 atom stereocenters. The third-order valence-electron chi connectivity index (χ3n) is 6.36. The van der Waals surface area contributed by atoms with Gasteiger partial charge in [-0.25, -0.2) is 18.4 Å². The number of hydrogen-bond acceptors (Lipinski definition) is 6. The number of morpholine rings is 1. The van der Waals surface area contributed by atoms with Crippen LogP contribution in [0.2, 0.25) is 0 Å². The molecule has 8 heteroatoms. The first-order valence-electron chi connectivity index (χ1n) is 10.3. The van der Waals surface area contributed by atoms with Crippen LogP contribution >= 0.6 is 0 Å². The van der Waals surface area contributed by atoms with E-state index in [-0.39, 0.29) is 12.1 Å². The third-order valence-corrected chi connectivity index (χ3v) is 8.40. The molecule has 158 valence electrons.